The predicted octanol–water partition coefficient (Wildman–Crippen LogP) is 3.08. The molecular weight excluding hydrogens is 323 g/mol. The third kappa shape index (κ3) is 3.03. The van der Waals surface area contributed by atoms with E-state index in [1.807, 2.05) is 0 Å². The molecule has 0 amide bonds. The van der Waals surface area contributed by atoms with Crippen LogP contribution in [0, 0.1) is 0 Å². The van der Waals surface area contributed by atoms with Gasteiger partial charge >= 0.3 is 6.36 Å². The second-order valence-electron chi connectivity index (χ2n) is 5.14. The van der Waals surface area contributed by atoms with E-state index in [4.69, 9.17) is 5.73 Å². The maximum absolute atomic E-state index is 12.2. The fourth-order valence-corrected chi connectivity index (χ4v) is 2.32. The molecule has 8 heteroatoms. The third-order valence-corrected chi connectivity index (χ3v) is 3.53. The summed E-state index contributed by atoms with van der Waals surface area (Å²) < 4.78 is 41.6. The number of nitrogens with zero attached hydrogens (tertiary/aromatic N) is 2. The Morgan fingerprint density at radius 1 is 1.08 bits per heavy atom. The summed E-state index contributed by atoms with van der Waals surface area (Å²) in [7, 11) is 1.53. The molecule has 0 atom stereocenters. The number of nitrogens with two attached hydrogens (primary N) is 1. The summed E-state index contributed by atoms with van der Waals surface area (Å²) in [6.07, 6.45) is -4.73. The molecule has 0 radical (unpaired) electrons. The van der Waals surface area contributed by atoms with Crippen LogP contribution in [0.2, 0.25) is 0 Å². The fraction of sp³-hybridized carbons (Fsp3) is 0.125. The summed E-state index contributed by atoms with van der Waals surface area (Å²) >= 11 is 0. The van der Waals surface area contributed by atoms with Crippen LogP contribution in [-0.2, 0) is 7.05 Å². The molecule has 0 aliphatic carbocycles. The molecule has 0 bridgehead atoms. The Morgan fingerprint density at radius 2 is 1.71 bits per heavy atom. The van der Waals surface area contributed by atoms with Gasteiger partial charge in [0.05, 0.1) is 10.9 Å². The number of fused-ring (bicyclic) bond motifs is 1. The van der Waals surface area contributed by atoms with Crippen LogP contribution in [0.3, 0.4) is 0 Å². The van der Waals surface area contributed by atoms with Crippen LogP contribution >= 0.6 is 0 Å². The zero-order valence-electron chi connectivity index (χ0n) is 12.5. The number of benzene rings is 2. The summed E-state index contributed by atoms with van der Waals surface area (Å²) in [5.41, 5.74) is 7.19. The number of anilines is 1. The standard InChI is InChI=1S/C16H12F3N3O2/c1-22-14(23)12-7-4-10(8-13(12)21-15(22)20)9-2-5-11(6-3-9)24-16(17,18)19/h2-8H,1H3,(H2,20,21). The Bertz CT molecular complexity index is 963. The molecular formula is C16H12F3N3O2. The number of rotatable bonds is 2. The van der Waals surface area contributed by atoms with Gasteiger partial charge in [-0.25, -0.2) is 4.98 Å². The first-order valence-electron chi connectivity index (χ1n) is 6.87. The van der Waals surface area contributed by atoms with Crippen molar-refractivity contribution in [1.82, 2.24) is 9.55 Å². The zero-order valence-corrected chi connectivity index (χ0v) is 12.5. The van der Waals surface area contributed by atoms with Crippen LogP contribution in [0.4, 0.5) is 19.1 Å². The first-order valence-corrected chi connectivity index (χ1v) is 6.87. The Hall–Kier alpha value is -3.03. The summed E-state index contributed by atoms with van der Waals surface area (Å²) in [6.45, 7) is 0. The fourth-order valence-electron chi connectivity index (χ4n) is 2.32. The lowest BCUT2D eigenvalue weighted by molar-refractivity contribution is -0.274. The Kier molecular flexibility index (Phi) is 3.67. The Morgan fingerprint density at radius 3 is 2.33 bits per heavy atom. The molecule has 0 saturated heterocycles. The van der Waals surface area contributed by atoms with E-state index in [9.17, 15) is 18.0 Å². The van der Waals surface area contributed by atoms with Gasteiger partial charge in [0.25, 0.3) is 5.56 Å². The van der Waals surface area contributed by atoms with Crippen molar-refractivity contribution in [2.45, 2.75) is 6.36 Å². The number of ether oxygens (including phenoxy) is 1. The number of hydrogen-bond donors (Lipinski definition) is 1. The van der Waals surface area contributed by atoms with Crippen LogP contribution in [-0.4, -0.2) is 15.9 Å². The average molecular weight is 335 g/mol. The molecule has 124 valence electrons. The smallest absolute Gasteiger partial charge is 0.406 e. The summed E-state index contributed by atoms with van der Waals surface area (Å²) in [4.78, 5) is 16.2. The number of aromatic nitrogens is 2. The van der Waals surface area contributed by atoms with E-state index in [-0.39, 0.29) is 17.3 Å². The van der Waals surface area contributed by atoms with E-state index >= 15 is 0 Å². The van der Waals surface area contributed by atoms with Crippen LogP contribution in [0.15, 0.2) is 47.3 Å². The highest BCUT2D eigenvalue weighted by Gasteiger charge is 2.30. The van der Waals surface area contributed by atoms with E-state index in [1.165, 1.54) is 35.9 Å². The lowest BCUT2D eigenvalue weighted by Crippen LogP contribution is -2.21. The van der Waals surface area contributed by atoms with Gasteiger partial charge in [0.1, 0.15) is 5.75 Å². The highest BCUT2D eigenvalue weighted by atomic mass is 19.4. The van der Waals surface area contributed by atoms with Crippen molar-refractivity contribution in [2.24, 2.45) is 7.05 Å². The van der Waals surface area contributed by atoms with Gasteiger partial charge in [0.2, 0.25) is 5.95 Å². The van der Waals surface area contributed by atoms with E-state index in [0.717, 1.165) is 0 Å². The summed E-state index contributed by atoms with van der Waals surface area (Å²) in [5, 5.41) is 0.410. The van der Waals surface area contributed by atoms with Gasteiger partial charge in [-0.2, -0.15) is 0 Å². The van der Waals surface area contributed by atoms with E-state index in [0.29, 0.717) is 22.0 Å². The van der Waals surface area contributed by atoms with Crippen LogP contribution < -0.4 is 16.0 Å². The van der Waals surface area contributed by atoms with Crippen LogP contribution in [0.25, 0.3) is 22.0 Å². The number of halogens is 3. The lowest BCUT2D eigenvalue weighted by atomic mass is 10.0. The van der Waals surface area contributed by atoms with Gasteiger partial charge in [-0.3, -0.25) is 9.36 Å². The van der Waals surface area contributed by atoms with Crippen molar-refractivity contribution in [3.63, 3.8) is 0 Å². The molecule has 2 aromatic carbocycles. The number of alkyl halides is 3. The molecule has 3 rings (SSSR count). The van der Waals surface area contributed by atoms with Crippen molar-refractivity contribution >= 4 is 16.9 Å². The van der Waals surface area contributed by atoms with E-state index in [2.05, 4.69) is 9.72 Å². The average Bonchev–Trinajstić information content (AvgIpc) is 2.51. The first kappa shape index (κ1) is 15.9. The van der Waals surface area contributed by atoms with Gasteiger partial charge in [0.15, 0.2) is 0 Å². The van der Waals surface area contributed by atoms with Crippen molar-refractivity contribution in [1.29, 1.82) is 0 Å². The largest absolute Gasteiger partial charge is 0.573 e. The molecule has 0 unspecified atom stereocenters. The van der Waals surface area contributed by atoms with Crippen molar-refractivity contribution in [3.8, 4) is 16.9 Å². The monoisotopic (exact) mass is 335 g/mol. The zero-order chi connectivity index (χ0) is 17.5. The summed E-state index contributed by atoms with van der Waals surface area (Å²) in [6, 6.07) is 10.4. The molecule has 0 fully saturated rings. The molecule has 1 aromatic heterocycles. The second-order valence-corrected chi connectivity index (χ2v) is 5.14. The van der Waals surface area contributed by atoms with Crippen molar-refractivity contribution in [3.05, 3.63) is 52.8 Å². The molecule has 1 heterocycles. The van der Waals surface area contributed by atoms with Gasteiger partial charge in [-0.15, -0.1) is 13.2 Å². The molecule has 0 saturated carbocycles. The van der Waals surface area contributed by atoms with Gasteiger partial charge < -0.3 is 10.5 Å². The van der Waals surface area contributed by atoms with Crippen LogP contribution in [0.1, 0.15) is 0 Å². The van der Waals surface area contributed by atoms with Gasteiger partial charge in [-0.1, -0.05) is 18.2 Å². The molecule has 0 aliphatic rings. The number of nitrogen functional groups attached to an aromatic ring is 1. The van der Waals surface area contributed by atoms with Gasteiger partial charge in [0, 0.05) is 7.05 Å². The molecule has 0 spiro atoms. The maximum atomic E-state index is 12.2. The Balaban J connectivity index is 2.01. The SMILES string of the molecule is Cn1c(N)nc2cc(-c3ccc(OC(F)(F)F)cc3)ccc2c1=O. The predicted molar refractivity (Wildman–Crippen MR) is 83.5 cm³/mol. The number of hydrogen-bond acceptors (Lipinski definition) is 4. The van der Waals surface area contributed by atoms with Crippen LogP contribution in [0.5, 0.6) is 5.75 Å². The van der Waals surface area contributed by atoms with Gasteiger partial charge in [-0.05, 0) is 35.4 Å². The minimum absolute atomic E-state index is 0.0820. The molecule has 3 aromatic rings. The molecule has 2 N–H and O–H groups in total. The normalized spacial score (nSPS) is 11.7. The quantitative estimate of drug-likeness (QED) is 0.781. The minimum atomic E-state index is -4.73. The minimum Gasteiger partial charge on any atom is -0.406 e. The highest BCUT2D eigenvalue weighted by Crippen LogP contribution is 2.27. The third-order valence-electron chi connectivity index (χ3n) is 3.53. The lowest BCUT2D eigenvalue weighted by Gasteiger charge is -2.10. The van der Waals surface area contributed by atoms with E-state index in [1.54, 1.807) is 18.2 Å². The maximum Gasteiger partial charge on any atom is 0.573 e. The molecule has 0 aliphatic heterocycles. The Labute approximate surface area is 134 Å². The summed E-state index contributed by atoms with van der Waals surface area (Å²) in [5.74, 6) is -0.221. The topological polar surface area (TPSA) is 70.1 Å². The second kappa shape index (κ2) is 5.55. The van der Waals surface area contributed by atoms with Crippen molar-refractivity contribution in [2.75, 3.05) is 5.73 Å². The molecule has 24 heavy (non-hydrogen) atoms. The first-order chi connectivity index (χ1) is 11.2. The van der Waals surface area contributed by atoms with Crippen molar-refractivity contribution < 1.29 is 17.9 Å². The van der Waals surface area contributed by atoms with E-state index < -0.39 is 6.36 Å². The molecule has 5 nitrogen and oxygen atoms in total. The highest BCUT2D eigenvalue weighted by molar-refractivity contribution is 5.84.